The molecule has 0 radical (unpaired) electrons. The summed E-state index contributed by atoms with van der Waals surface area (Å²) in [4.78, 5) is 4.61. The minimum absolute atomic E-state index is 0.345. The summed E-state index contributed by atoms with van der Waals surface area (Å²) in [6, 6.07) is 0.388. The number of hydrogen-bond acceptors (Lipinski definition) is 3. The number of guanidine groups is 1. The van der Waals surface area contributed by atoms with Gasteiger partial charge in [0.1, 0.15) is 0 Å². The van der Waals surface area contributed by atoms with Crippen LogP contribution in [0, 0.1) is 0 Å². The monoisotopic (exact) mass is 331 g/mol. The van der Waals surface area contributed by atoms with Gasteiger partial charge in [-0.1, -0.05) is 13.3 Å². The Balaban J connectivity index is 2.43. The maximum atomic E-state index is 12.0. The van der Waals surface area contributed by atoms with Crippen molar-refractivity contribution < 1.29 is 8.95 Å². The van der Waals surface area contributed by atoms with Gasteiger partial charge in [-0.15, -0.1) is 0 Å². The third-order valence-electron chi connectivity index (χ3n) is 3.89. The summed E-state index contributed by atoms with van der Waals surface area (Å²) in [6.45, 7) is 9.25. The van der Waals surface area contributed by atoms with Gasteiger partial charge in [0.15, 0.2) is 5.96 Å². The van der Waals surface area contributed by atoms with Gasteiger partial charge in [-0.3, -0.25) is 9.20 Å². The van der Waals surface area contributed by atoms with Crippen molar-refractivity contribution >= 4 is 16.8 Å². The summed E-state index contributed by atoms with van der Waals surface area (Å²) in [7, 11) is -0.679. The third-order valence-corrected chi connectivity index (χ3v) is 5.63. The molecule has 3 atom stereocenters. The normalized spacial score (nSPS) is 24.0. The largest absolute Gasteiger partial charge is 0.382 e. The Morgan fingerprint density at radius 2 is 2.14 bits per heavy atom. The van der Waals surface area contributed by atoms with Crippen molar-refractivity contribution in [2.24, 2.45) is 4.99 Å². The molecule has 1 saturated carbocycles. The quantitative estimate of drug-likeness (QED) is 0.386. The van der Waals surface area contributed by atoms with E-state index >= 15 is 0 Å². The topological polar surface area (TPSA) is 62.7 Å². The Morgan fingerprint density at radius 3 is 2.82 bits per heavy atom. The molecule has 0 aromatic carbocycles. The van der Waals surface area contributed by atoms with Crippen molar-refractivity contribution in [2.45, 2.75) is 64.2 Å². The molecule has 3 unspecified atom stereocenters. The summed E-state index contributed by atoms with van der Waals surface area (Å²) < 4.78 is 17.4. The second-order valence-corrected chi connectivity index (χ2v) is 7.62. The van der Waals surface area contributed by atoms with Crippen LogP contribution in [0.25, 0.3) is 0 Å². The van der Waals surface area contributed by atoms with E-state index in [4.69, 9.17) is 4.74 Å². The van der Waals surface area contributed by atoms with Crippen LogP contribution in [0.2, 0.25) is 0 Å². The zero-order valence-electron chi connectivity index (χ0n) is 14.4. The molecule has 0 aromatic rings. The lowest BCUT2D eigenvalue weighted by molar-refractivity contribution is 0.146. The van der Waals surface area contributed by atoms with Crippen LogP contribution in [0.4, 0.5) is 0 Å². The molecule has 1 fully saturated rings. The van der Waals surface area contributed by atoms with Gasteiger partial charge in [0.2, 0.25) is 0 Å². The van der Waals surface area contributed by atoms with Crippen LogP contribution in [0.3, 0.4) is 0 Å². The first-order chi connectivity index (χ1) is 10.7. The van der Waals surface area contributed by atoms with Crippen LogP contribution in [0.15, 0.2) is 4.99 Å². The van der Waals surface area contributed by atoms with Gasteiger partial charge < -0.3 is 15.4 Å². The highest BCUT2D eigenvalue weighted by molar-refractivity contribution is 7.85. The van der Waals surface area contributed by atoms with Crippen molar-refractivity contribution in [3.05, 3.63) is 0 Å². The molecule has 0 spiro atoms. The van der Waals surface area contributed by atoms with E-state index in [1.54, 1.807) is 0 Å². The molecule has 6 heteroatoms. The number of nitrogens with zero attached hydrogens (tertiary/aromatic N) is 1. The molecule has 22 heavy (non-hydrogen) atoms. The summed E-state index contributed by atoms with van der Waals surface area (Å²) in [6.07, 6.45) is 5.32. The summed E-state index contributed by atoms with van der Waals surface area (Å²) in [5.74, 6) is 1.65. The van der Waals surface area contributed by atoms with E-state index < -0.39 is 10.8 Å². The van der Waals surface area contributed by atoms with Crippen LogP contribution in [0.1, 0.15) is 52.9 Å². The van der Waals surface area contributed by atoms with Gasteiger partial charge in [0.25, 0.3) is 0 Å². The Morgan fingerprint density at radius 1 is 1.32 bits per heavy atom. The van der Waals surface area contributed by atoms with E-state index in [-0.39, 0.29) is 0 Å². The minimum atomic E-state index is -0.679. The van der Waals surface area contributed by atoms with Crippen molar-refractivity contribution in [1.82, 2.24) is 10.6 Å². The molecule has 1 rings (SSSR count). The van der Waals surface area contributed by atoms with Crippen LogP contribution in [-0.2, 0) is 15.5 Å². The Bertz CT molecular complexity index is 350. The Labute approximate surface area is 138 Å². The molecule has 130 valence electrons. The van der Waals surface area contributed by atoms with Gasteiger partial charge in [-0.2, -0.15) is 0 Å². The average Bonchev–Trinajstić information content (AvgIpc) is 2.54. The van der Waals surface area contributed by atoms with Gasteiger partial charge in [0.05, 0.1) is 0 Å². The summed E-state index contributed by atoms with van der Waals surface area (Å²) >= 11 is 0. The van der Waals surface area contributed by atoms with Crippen LogP contribution in [0.5, 0.6) is 0 Å². The lowest BCUT2D eigenvalue weighted by atomic mass is 9.95. The average molecular weight is 332 g/mol. The van der Waals surface area contributed by atoms with E-state index in [9.17, 15) is 4.21 Å². The second-order valence-electron chi connectivity index (χ2n) is 5.61. The molecular weight excluding hydrogens is 298 g/mol. The number of rotatable bonds is 9. The number of ether oxygens (including phenoxy) is 1. The zero-order valence-corrected chi connectivity index (χ0v) is 15.2. The van der Waals surface area contributed by atoms with Crippen LogP contribution in [-0.4, -0.2) is 53.5 Å². The Hall–Kier alpha value is -0.620. The molecule has 0 bridgehead atoms. The highest BCUT2D eigenvalue weighted by atomic mass is 32.2. The smallest absolute Gasteiger partial charge is 0.191 e. The fourth-order valence-electron chi connectivity index (χ4n) is 2.77. The van der Waals surface area contributed by atoms with E-state index in [0.29, 0.717) is 11.3 Å². The number of hydrogen-bond donors (Lipinski definition) is 2. The van der Waals surface area contributed by atoms with Crippen LogP contribution >= 0.6 is 0 Å². The first-order valence-corrected chi connectivity index (χ1v) is 10.1. The number of nitrogens with one attached hydrogen (secondary N) is 2. The summed E-state index contributed by atoms with van der Waals surface area (Å²) in [5.41, 5.74) is 0. The highest BCUT2D eigenvalue weighted by Crippen LogP contribution is 2.22. The van der Waals surface area contributed by atoms with Gasteiger partial charge in [-0.05, 0) is 39.5 Å². The highest BCUT2D eigenvalue weighted by Gasteiger charge is 2.25. The SMILES string of the molecule is CCNC(=NCCCOCC)NC1CCCC(S(=O)CC)C1. The molecule has 2 N–H and O–H groups in total. The zero-order chi connectivity index (χ0) is 16.2. The predicted molar refractivity (Wildman–Crippen MR) is 95.0 cm³/mol. The van der Waals surface area contributed by atoms with Crippen LogP contribution < -0.4 is 10.6 Å². The van der Waals surface area contributed by atoms with Crippen molar-refractivity contribution in [2.75, 3.05) is 32.1 Å². The minimum Gasteiger partial charge on any atom is -0.382 e. The first kappa shape index (κ1) is 19.4. The predicted octanol–water partition coefficient (Wildman–Crippen LogP) is 2.05. The van der Waals surface area contributed by atoms with Gasteiger partial charge >= 0.3 is 0 Å². The molecule has 0 aromatic heterocycles. The van der Waals surface area contributed by atoms with Crippen molar-refractivity contribution in [3.8, 4) is 0 Å². The van der Waals surface area contributed by atoms with Gasteiger partial charge in [0, 0.05) is 54.1 Å². The molecule has 1 aliphatic rings. The number of aliphatic imine (C=N–C) groups is 1. The van der Waals surface area contributed by atoms with Crippen molar-refractivity contribution in [3.63, 3.8) is 0 Å². The standard InChI is InChI=1S/C16H33N3O2S/c1-4-17-16(18-11-8-12-21-5-2)19-14-9-7-10-15(13-14)22(20)6-3/h14-15H,4-13H2,1-3H3,(H2,17,18,19). The molecule has 0 heterocycles. The molecule has 5 nitrogen and oxygen atoms in total. The maximum Gasteiger partial charge on any atom is 0.191 e. The molecular formula is C16H33N3O2S. The maximum absolute atomic E-state index is 12.0. The van der Waals surface area contributed by atoms with Crippen molar-refractivity contribution in [1.29, 1.82) is 0 Å². The summed E-state index contributed by atoms with van der Waals surface area (Å²) in [5, 5.41) is 7.17. The van der Waals surface area contributed by atoms with E-state index in [1.807, 2.05) is 13.8 Å². The first-order valence-electron chi connectivity index (χ1n) is 8.70. The molecule has 0 aliphatic heterocycles. The fraction of sp³-hybridized carbons (Fsp3) is 0.938. The lowest BCUT2D eigenvalue weighted by Gasteiger charge is -2.30. The Kier molecular flexibility index (Phi) is 10.5. The van der Waals surface area contributed by atoms with Gasteiger partial charge in [-0.25, -0.2) is 0 Å². The molecule has 0 saturated heterocycles. The van der Waals surface area contributed by atoms with E-state index in [2.05, 4.69) is 22.5 Å². The molecule has 1 aliphatic carbocycles. The van der Waals surface area contributed by atoms with E-state index in [1.165, 1.54) is 0 Å². The second kappa shape index (κ2) is 11.9. The fourth-order valence-corrected chi connectivity index (χ4v) is 4.11. The van der Waals surface area contributed by atoms with E-state index in [0.717, 1.165) is 70.1 Å². The molecule has 0 amide bonds. The lowest BCUT2D eigenvalue weighted by Crippen LogP contribution is -2.46. The third kappa shape index (κ3) is 7.58.